The van der Waals surface area contributed by atoms with Crippen LogP contribution in [0.1, 0.15) is 31.4 Å². The maximum Gasteiger partial charge on any atom is 0.0594 e. The van der Waals surface area contributed by atoms with Crippen molar-refractivity contribution in [1.29, 1.82) is 0 Å². The number of nitrogens with zero attached hydrogens (tertiary/aromatic N) is 1. The Morgan fingerprint density at radius 1 is 1.11 bits per heavy atom. The van der Waals surface area contributed by atoms with Gasteiger partial charge in [0, 0.05) is 31.1 Å². The Morgan fingerprint density at radius 3 is 2.26 bits per heavy atom. The van der Waals surface area contributed by atoms with Crippen LogP contribution in [0.3, 0.4) is 0 Å². The number of aryl methyl sites for hydroxylation is 1. The van der Waals surface area contributed by atoms with Gasteiger partial charge in [-0.3, -0.25) is 4.90 Å². The Kier molecular flexibility index (Phi) is 5.31. The highest BCUT2D eigenvalue weighted by molar-refractivity contribution is 7.99. The minimum atomic E-state index is -0.565. The van der Waals surface area contributed by atoms with Crippen molar-refractivity contribution in [2.24, 2.45) is 0 Å². The molecule has 1 saturated heterocycles. The van der Waals surface area contributed by atoms with Gasteiger partial charge in [0.25, 0.3) is 0 Å². The van der Waals surface area contributed by atoms with Crippen LogP contribution in [0.25, 0.3) is 0 Å². The molecule has 0 unspecified atom stereocenters. The molecule has 2 rings (SSSR count). The summed E-state index contributed by atoms with van der Waals surface area (Å²) < 4.78 is 0. The number of hydrogen-bond acceptors (Lipinski definition) is 3. The van der Waals surface area contributed by atoms with Gasteiger partial charge in [0.1, 0.15) is 0 Å². The lowest BCUT2D eigenvalue weighted by atomic mass is 9.98. The summed E-state index contributed by atoms with van der Waals surface area (Å²) in [7, 11) is 0. The molecule has 2 nitrogen and oxygen atoms in total. The van der Waals surface area contributed by atoms with Gasteiger partial charge in [-0.15, -0.1) is 0 Å². The van der Waals surface area contributed by atoms with Crippen molar-refractivity contribution in [3.8, 4) is 0 Å². The Balaban J connectivity index is 1.83. The lowest BCUT2D eigenvalue weighted by molar-refractivity contribution is 0.0714. The first-order chi connectivity index (χ1) is 9.03. The van der Waals surface area contributed by atoms with Gasteiger partial charge in [-0.2, -0.15) is 11.8 Å². The third-order valence-electron chi connectivity index (χ3n) is 3.56. The van der Waals surface area contributed by atoms with E-state index in [9.17, 15) is 5.11 Å². The predicted molar refractivity (Wildman–Crippen MR) is 83.7 cm³/mol. The molecule has 0 amide bonds. The molecule has 1 heterocycles. The van der Waals surface area contributed by atoms with E-state index < -0.39 is 5.60 Å². The van der Waals surface area contributed by atoms with Gasteiger partial charge >= 0.3 is 0 Å². The van der Waals surface area contributed by atoms with Gasteiger partial charge in [0.15, 0.2) is 0 Å². The molecule has 1 N–H and O–H groups in total. The lowest BCUT2D eigenvalue weighted by Gasteiger charge is -2.26. The van der Waals surface area contributed by atoms with E-state index >= 15 is 0 Å². The zero-order valence-electron chi connectivity index (χ0n) is 12.1. The molecule has 0 spiro atoms. The fourth-order valence-electron chi connectivity index (χ4n) is 2.28. The highest BCUT2D eigenvalue weighted by atomic mass is 32.2. The van der Waals surface area contributed by atoms with Crippen molar-refractivity contribution < 1.29 is 5.11 Å². The van der Waals surface area contributed by atoms with Gasteiger partial charge in [0.05, 0.1) is 5.60 Å². The van der Waals surface area contributed by atoms with Crippen LogP contribution in [0.5, 0.6) is 0 Å². The Bertz CT molecular complexity index is 377. The number of benzene rings is 1. The van der Waals surface area contributed by atoms with Gasteiger partial charge in [-0.1, -0.05) is 24.3 Å². The summed E-state index contributed by atoms with van der Waals surface area (Å²) in [6.07, 6.45) is 1.76. The predicted octanol–water partition coefficient (Wildman–Crippen LogP) is 2.94. The first-order valence-corrected chi connectivity index (χ1v) is 8.29. The number of hydrogen-bond donors (Lipinski definition) is 1. The minimum Gasteiger partial charge on any atom is -0.390 e. The monoisotopic (exact) mass is 279 g/mol. The van der Waals surface area contributed by atoms with E-state index in [1.165, 1.54) is 35.7 Å². The first-order valence-electron chi connectivity index (χ1n) is 7.13. The van der Waals surface area contributed by atoms with Crippen molar-refractivity contribution in [2.45, 2.75) is 38.8 Å². The van der Waals surface area contributed by atoms with Crippen LogP contribution in [-0.4, -0.2) is 40.2 Å². The third-order valence-corrected chi connectivity index (χ3v) is 4.50. The maximum atomic E-state index is 9.74. The summed E-state index contributed by atoms with van der Waals surface area (Å²) in [6, 6.07) is 8.89. The van der Waals surface area contributed by atoms with E-state index in [1.54, 1.807) is 0 Å². The summed E-state index contributed by atoms with van der Waals surface area (Å²) in [5.41, 5.74) is 2.16. The lowest BCUT2D eigenvalue weighted by Crippen LogP contribution is -2.31. The van der Waals surface area contributed by atoms with Crippen molar-refractivity contribution in [2.75, 3.05) is 24.6 Å². The first kappa shape index (κ1) is 14.9. The Labute approximate surface area is 121 Å². The molecular formula is C16H25NOS. The van der Waals surface area contributed by atoms with Crippen molar-refractivity contribution in [3.63, 3.8) is 0 Å². The molecule has 0 atom stereocenters. The molecule has 0 aromatic heterocycles. The van der Waals surface area contributed by atoms with Crippen LogP contribution < -0.4 is 0 Å². The van der Waals surface area contributed by atoms with E-state index in [1.807, 2.05) is 13.8 Å². The second-order valence-corrected chi connectivity index (χ2v) is 7.24. The normalized spacial score (nSPS) is 17.6. The average Bonchev–Trinajstić information content (AvgIpc) is 2.38. The Morgan fingerprint density at radius 2 is 1.68 bits per heavy atom. The fraction of sp³-hybridized carbons (Fsp3) is 0.625. The van der Waals surface area contributed by atoms with Crippen LogP contribution in [0.2, 0.25) is 0 Å². The van der Waals surface area contributed by atoms with Gasteiger partial charge in [-0.25, -0.2) is 0 Å². The molecular weight excluding hydrogens is 254 g/mol. The molecule has 19 heavy (non-hydrogen) atoms. The second kappa shape index (κ2) is 6.78. The van der Waals surface area contributed by atoms with Gasteiger partial charge < -0.3 is 5.11 Å². The number of rotatable bonds is 5. The third kappa shape index (κ3) is 5.55. The summed E-state index contributed by atoms with van der Waals surface area (Å²) in [5.74, 6) is 2.54. The van der Waals surface area contributed by atoms with E-state index in [0.717, 1.165) is 19.4 Å². The van der Waals surface area contributed by atoms with Crippen LogP contribution in [0.4, 0.5) is 0 Å². The van der Waals surface area contributed by atoms with Crippen molar-refractivity contribution >= 4 is 11.8 Å². The number of aliphatic hydroxyl groups is 1. The summed E-state index contributed by atoms with van der Waals surface area (Å²) in [6.45, 7) is 7.24. The standard InChI is InChI=1S/C16H25NOS/c1-16(2,18)8-7-14-3-5-15(6-4-14)13-17-9-11-19-12-10-17/h3-6,18H,7-13H2,1-2H3. The smallest absolute Gasteiger partial charge is 0.0594 e. The molecule has 3 heteroatoms. The molecule has 1 aliphatic heterocycles. The van der Waals surface area contributed by atoms with Crippen LogP contribution in [0.15, 0.2) is 24.3 Å². The quantitative estimate of drug-likeness (QED) is 0.896. The van der Waals surface area contributed by atoms with E-state index in [2.05, 4.69) is 40.9 Å². The summed E-state index contributed by atoms with van der Waals surface area (Å²) in [5, 5.41) is 9.74. The highest BCUT2D eigenvalue weighted by Gasteiger charge is 2.13. The Hall–Kier alpha value is -0.510. The van der Waals surface area contributed by atoms with E-state index in [4.69, 9.17) is 0 Å². The maximum absolute atomic E-state index is 9.74. The molecule has 1 fully saturated rings. The van der Waals surface area contributed by atoms with Crippen molar-refractivity contribution in [3.05, 3.63) is 35.4 Å². The molecule has 106 valence electrons. The summed E-state index contributed by atoms with van der Waals surface area (Å²) in [4.78, 5) is 2.53. The molecule has 1 aromatic rings. The molecule has 1 aromatic carbocycles. The van der Waals surface area contributed by atoms with E-state index in [0.29, 0.717) is 0 Å². The minimum absolute atomic E-state index is 0.565. The van der Waals surface area contributed by atoms with Crippen LogP contribution >= 0.6 is 11.8 Å². The largest absolute Gasteiger partial charge is 0.390 e. The molecule has 0 bridgehead atoms. The average molecular weight is 279 g/mol. The highest BCUT2D eigenvalue weighted by Crippen LogP contribution is 2.16. The zero-order chi connectivity index (χ0) is 13.7. The topological polar surface area (TPSA) is 23.5 Å². The van der Waals surface area contributed by atoms with Crippen molar-refractivity contribution in [1.82, 2.24) is 4.90 Å². The van der Waals surface area contributed by atoms with Gasteiger partial charge in [-0.05, 0) is 37.8 Å². The van der Waals surface area contributed by atoms with Crippen LogP contribution in [-0.2, 0) is 13.0 Å². The molecule has 0 aliphatic carbocycles. The second-order valence-electron chi connectivity index (χ2n) is 6.02. The molecule has 0 radical (unpaired) electrons. The van der Waals surface area contributed by atoms with E-state index in [-0.39, 0.29) is 0 Å². The molecule has 1 aliphatic rings. The van der Waals surface area contributed by atoms with Crippen LogP contribution in [0, 0.1) is 0 Å². The number of thioether (sulfide) groups is 1. The molecule has 0 saturated carbocycles. The summed E-state index contributed by atoms with van der Waals surface area (Å²) >= 11 is 2.06. The van der Waals surface area contributed by atoms with Gasteiger partial charge in [0.2, 0.25) is 0 Å². The SMILES string of the molecule is CC(C)(O)CCc1ccc(CN2CCSCC2)cc1. The zero-order valence-corrected chi connectivity index (χ0v) is 12.9. The fourth-order valence-corrected chi connectivity index (χ4v) is 3.26.